The van der Waals surface area contributed by atoms with Crippen molar-refractivity contribution in [1.29, 1.82) is 0 Å². The Bertz CT molecular complexity index is 223. The molecule has 0 spiro atoms. The van der Waals surface area contributed by atoms with Crippen LogP contribution in [0.25, 0.3) is 4.85 Å². The molecule has 0 aromatic carbocycles. The third-order valence-corrected chi connectivity index (χ3v) is 1.37. The summed E-state index contributed by atoms with van der Waals surface area (Å²) in [4.78, 5) is 13.7. The van der Waals surface area contributed by atoms with E-state index < -0.39 is 5.91 Å². The lowest BCUT2D eigenvalue weighted by atomic mass is 10.1. The normalized spacial score (nSPS) is 11.7. The fourth-order valence-corrected chi connectivity index (χ4v) is 0.854. The molecule has 0 bridgehead atoms. The van der Waals surface area contributed by atoms with Gasteiger partial charge in [-0.25, -0.2) is 4.85 Å². The molecule has 1 amide bonds. The van der Waals surface area contributed by atoms with Crippen molar-refractivity contribution in [3.63, 3.8) is 0 Å². The topological polar surface area (TPSA) is 47.5 Å². The van der Waals surface area contributed by atoms with Crippen LogP contribution in [0, 0.1) is 6.57 Å². The first-order valence-electron chi connectivity index (χ1n) is 3.50. The SMILES string of the molecule is [C-]#[N+]/C(C(N)=O)=C(\C)CCC. The van der Waals surface area contributed by atoms with Crippen molar-refractivity contribution >= 4 is 5.91 Å². The second kappa shape index (κ2) is 4.51. The van der Waals surface area contributed by atoms with Gasteiger partial charge >= 0.3 is 0 Å². The lowest BCUT2D eigenvalue weighted by molar-refractivity contribution is -0.114. The summed E-state index contributed by atoms with van der Waals surface area (Å²) in [6.07, 6.45) is 1.69. The van der Waals surface area contributed by atoms with E-state index in [1.165, 1.54) is 0 Å². The summed E-state index contributed by atoms with van der Waals surface area (Å²) in [5.41, 5.74) is 5.84. The van der Waals surface area contributed by atoms with Crippen LogP contribution in [0.5, 0.6) is 0 Å². The first-order valence-corrected chi connectivity index (χ1v) is 3.50. The highest BCUT2D eigenvalue weighted by Crippen LogP contribution is 2.10. The van der Waals surface area contributed by atoms with Crippen LogP contribution >= 0.6 is 0 Å². The van der Waals surface area contributed by atoms with Crippen LogP contribution in [-0.2, 0) is 4.79 Å². The Morgan fingerprint density at radius 2 is 2.18 bits per heavy atom. The third-order valence-electron chi connectivity index (χ3n) is 1.37. The molecule has 60 valence electrons. The maximum Gasteiger partial charge on any atom is 0.248 e. The van der Waals surface area contributed by atoms with Gasteiger partial charge in [0.05, 0.1) is 6.57 Å². The van der Waals surface area contributed by atoms with Gasteiger partial charge in [-0.1, -0.05) is 25.8 Å². The summed E-state index contributed by atoms with van der Waals surface area (Å²) in [7, 11) is 0. The average molecular weight is 152 g/mol. The van der Waals surface area contributed by atoms with Gasteiger partial charge in [0.25, 0.3) is 0 Å². The third kappa shape index (κ3) is 2.85. The molecule has 0 aliphatic heterocycles. The van der Waals surface area contributed by atoms with Gasteiger partial charge in [-0.05, 0) is 6.42 Å². The highest BCUT2D eigenvalue weighted by molar-refractivity contribution is 5.94. The molecule has 0 unspecified atom stereocenters. The summed E-state index contributed by atoms with van der Waals surface area (Å²) in [5, 5.41) is 0. The molecule has 0 aromatic heterocycles. The quantitative estimate of drug-likeness (QED) is 0.483. The fourth-order valence-electron chi connectivity index (χ4n) is 0.854. The Morgan fingerprint density at radius 3 is 2.45 bits per heavy atom. The van der Waals surface area contributed by atoms with Gasteiger partial charge in [-0.3, -0.25) is 4.79 Å². The first kappa shape index (κ1) is 9.70. The molecule has 3 heteroatoms. The predicted octanol–water partition coefficient (Wildman–Crippen LogP) is 1.47. The zero-order valence-electron chi connectivity index (χ0n) is 6.85. The molecule has 0 radical (unpaired) electrons. The number of hydrogen-bond donors (Lipinski definition) is 1. The van der Waals surface area contributed by atoms with Gasteiger partial charge in [0.15, 0.2) is 0 Å². The van der Waals surface area contributed by atoms with E-state index in [9.17, 15) is 4.79 Å². The molecule has 0 aliphatic carbocycles. The van der Waals surface area contributed by atoms with Crippen molar-refractivity contribution in [2.75, 3.05) is 0 Å². The summed E-state index contributed by atoms with van der Waals surface area (Å²) < 4.78 is 0. The van der Waals surface area contributed by atoms with Crippen molar-refractivity contribution < 1.29 is 4.79 Å². The molecule has 0 rings (SSSR count). The van der Waals surface area contributed by atoms with E-state index in [2.05, 4.69) is 4.85 Å². The molecule has 0 aliphatic rings. The van der Waals surface area contributed by atoms with E-state index in [-0.39, 0.29) is 5.70 Å². The number of primary amides is 1. The molecule has 0 saturated carbocycles. The maximum absolute atomic E-state index is 10.6. The highest BCUT2D eigenvalue weighted by atomic mass is 16.1. The Kier molecular flexibility index (Phi) is 3.97. The van der Waals surface area contributed by atoms with Crippen molar-refractivity contribution in [1.82, 2.24) is 0 Å². The van der Waals surface area contributed by atoms with E-state index in [4.69, 9.17) is 12.3 Å². The van der Waals surface area contributed by atoms with Crippen LogP contribution in [0.1, 0.15) is 26.7 Å². The molecule has 0 atom stereocenters. The van der Waals surface area contributed by atoms with Crippen molar-refractivity contribution in [3.05, 3.63) is 22.7 Å². The number of amides is 1. The molecule has 0 saturated heterocycles. The summed E-state index contributed by atoms with van der Waals surface area (Å²) in [6.45, 7) is 10.4. The van der Waals surface area contributed by atoms with E-state index in [0.29, 0.717) is 0 Å². The van der Waals surface area contributed by atoms with Gasteiger partial charge in [-0.2, -0.15) is 0 Å². The van der Waals surface area contributed by atoms with Crippen molar-refractivity contribution in [2.24, 2.45) is 5.73 Å². The Hall–Kier alpha value is -1.30. The number of rotatable bonds is 3. The molecule has 11 heavy (non-hydrogen) atoms. The summed E-state index contributed by atoms with van der Waals surface area (Å²) >= 11 is 0. The molecule has 0 aromatic rings. The zero-order valence-corrected chi connectivity index (χ0v) is 6.85. The largest absolute Gasteiger partial charge is 0.375 e. The first-order chi connectivity index (χ1) is 5.13. The van der Waals surface area contributed by atoms with E-state index >= 15 is 0 Å². The fraction of sp³-hybridized carbons (Fsp3) is 0.500. The Morgan fingerprint density at radius 1 is 1.64 bits per heavy atom. The number of hydrogen-bond acceptors (Lipinski definition) is 1. The van der Waals surface area contributed by atoms with Crippen LogP contribution < -0.4 is 5.73 Å². The summed E-state index contributed by atoms with van der Waals surface area (Å²) in [6, 6.07) is 0. The van der Waals surface area contributed by atoms with Crippen LogP contribution in [-0.4, -0.2) is 5.91 Å². The van der Waals surface area contributed by atoms with Crippen LogP contribution in [0.15, 0.2) is 11.3 Å². The molecule has 0 fully saturated rings. The van der Waals surface area contributed by atoms with Crippen molar-refractivity contribution in [2.45, 2.75) is 26.7 Å². The number of nitrogens with two attached hydrogens (primary N) is 1. The Balaban J connectivity index is 4.58. The van der Waals surface area contributed by atoms with Gasteiger partial charge < -0.3 is 5.73 Å². The van der Waals surface area contributed by atoms with Crippen LogP contribution in [0.3, 0.4) is 0 Å². The van der Waals surface area contributed by atoms with E-state index in [0.717, 1.165) is 18.4 Å². The van der Waals surface area contributed by atoms with E-state index in [1.54, 1.807) is 6.92 Å². The minimum absolute atomic E-state index is 0.0897. The van der Waals surface area contributed by atoms with Gasteiger partial charge in [0, 0.05) is 0 Å². The number of allylic oxidation sites excluding steroid dienone is 1. The smallest absolute Gasteiger partial charge is 0.248 e. The average Bonchev–Trinajstić information content (AvgIpc) is 1.88. The van der Waals surface area contributed by atoms with Crippen molar-refractivity contribution in [3.8, 4) is 0 Å². The monoisotopic (exact) mass is 152 g/mol. The van der Waals surface area contributed by atoms with Gasteiger partial charge in [-0.15, -0.1) is 0 Å². The van der Waals surface area contributed by atoms with Crippen LogP contribution in [0.4, 0.5) is 0 Å². The standard InChI is InChI=1S/C8H12N2O/c1-4-5-6(2)7(10-3)8(9)11/h4-5H2,1-2H3,(H2,9,11)/b7-6+. The van der Waals surface area contributed by atoms with Crippen LogP contribution in [0.2, 0.25) is 0 Å². The summed E-state index contributed by atoms with van der Waals surface area (Å²) in [5.74, 6) is -0.619. The minimum atomic E-state index is -0.619. The van der Waals surface area contributed by atoms with E-state index in [1.807, 2.05) is 6.92 Å². The Labute approximate surface area is 66.7 Å². The molecule has 3 nitrogen and oxygen atoms in total. The number of nitrogens with zero attached hydrogens (tertiary/aromatic N) is 1. The number of carbonyl (C=O) groups is 1. The predicted molar refractivity (Wildman–Crippen MR) is 43.4 cm³/mol. The molecular weight excluding hydrogens is 140 g/mol. The van der Waals surface area contributed by atoms with Gasteiger partial charge in [0.1, 0.15) is 0 Å². The lowest BCUT2D eigenvalue weighted by Crippen LogP contribution is -2.13. The minimum Gasteiger partial charge on any atom is -0.375 e. The second-order valence-electron chi connectivity index (χ2n) is 2.35. The second-order valence-corrected chi connectivity index (χ2v) is 2.35. The molecule has 0 heterocycles. The molecule has 2 N–H and O–H groups in total. The maximum atomic E-state index is 10.6. The number of carbonyl (C=O) groups excluding carboxylic acids is 1. The molecular formula is C8H12N2O. The van der Waals surface area contributed by atoms with Gasteiger partial charge in [0.2, 0.25) is 11.6 Å². The lowest BCUT2D eigenvalue weighted by Gasteiger charge is -1.98. The highest BCUT2D eigenvalue weighted by Gasteiger charge is 2.07. The zero-order chi connectivity index (χ0) is 8.85.